The highest BCUT2D eigenvalue weighted by Gasteiger charge is 2.21. The number of nitrogens with two attached hydrogens (primary N) is 1. The van der Waals surface area contributed by atoms with E-state index in [0.29, 0.717) is 6.04 Å². The summed E-state index contributed by atoms with van der Waals surface area (Å²) in [5.74, 6) is -0.572. The van der Waals surface area contributed by atoms with Crippen molar-refractivity contribution < 1.29 is 9.18 Å². The SMILES string of the molecule is CC1CCC(Nc2ccc(F)c(C(N)=O)c2)C1. The summed E-state index contributed by atoms with van der Waals surface area (Å²) in [6, 6.07) is 4.82. The first-order chi connectivity index (χ1) is 8.06. The van der Waals surface area contributed by atoms with Crippen molar-refractivity contribution in [3.63, 3.8) is 0 Å². The van der Waals surface area contributed by atoms with Gasteiger partial charge in [-0.25, -0.2) is 4.39 Å². The molecule has 3 N–H and O–H groups in total. The average Bonchev–Trinajstić information content (AvgIpc) is 2.66. The van der Waals surface area contributed by atoms with E-state index in [1.165, 1.54) is 18.6 Å². The first-order valence-electron chi connectivity index (χ1n) is 5.92. The average molecular weight is 236 g/mol. The Morgan fingerprint density at radius 1 is 1.47 bits per heavy atom. The van der Waals surface area contributed by atoms with Gasteiger partial charge in [-0.1, -0.05) is 6.92 Å². The highest BCUT2D eigenvalue weighted by Crippen LogP contribution is 2.27. The molecule has 1 aliphatic carbocycles. The van der Waals surface area contributed by atoms with E-state index in [-0.39, 0.29) is 5.56 Å². The van der Waals surface area contributed by atoms with Crippen LogP contribution in [0.1, 0.15) is 36.5 Å². The second-order valence-electron chi connectivity index (χ2n) is 4.82. The lowest BCUT2D eigenvalue weighted by Gasteiger charge is -2.14. The van der Waals surface area contributed by atoms with Gasteiger partial charge in [0.1, 0.15) is 5.82 Å². The zero-order chi connectivity index (χ0) is 12.4. The Kier molecular flexibility index (Phi) is 3.31. The summed E-state index contributed by atoms with van der Waals surface area (Å²) in [5, 5.41) is 3.32. The molecule has 3 nitrogen and oxygen atoms in total. The number of rotatable bonds is 3. The van der Waals surface area contributed by atoms with Crippen molar-refractivity contribution in [3.05, 3.63) is 29.6 Å². The number of nitrogens with one attached hydrogen (secondary N) is 1. The standard InChI is InChI=1S/C13H17FN2O/c1-8-2-3-9(6-8)16-10-4-5-12(14)11(7-10)13(15)17/h4-5,7-9,16H,2-3,6H2,1H3,(H2,15,17). The molecule has 0 heterocycles. The number of carbonyl (C=O) groups excluding carboxylic acids is 1. The van der Waals surface area contributed by atoms with E-state index in [2.05, 4.69) is 12.2 Å². The Morgan fingerprint density at radius 2 is 2.24 bits per heavy atom. The van der Waals surface area contributed by atoms with E-state index in [0.717, 1.165) is 24.4 Å². The quantitative estimate of drug-likeness (QED) is 0.847. The molecule has 1 fully saturated rings. The van der Waals surface area contributed by atoms with Crippen molar-refractivity contribution in [1.29, 1.82) is 0 Å². The molecule has 1 aliphatic rings. The van der Waals surface area contributed by atoms with Gasteiger partial charge in [0.25, 0.3) is 5.91 Å². The van der Waals surface area contributed by atoms with E-state index in [1.54, 1.807) is 6.07 Å². The van der Waals surface area contributed by atoms with E-state index < -0.39 is 11.7 Å². The summed E-state index contributed by atoms with van der Waals surface area (Å²) < 4.78 is 13.3. The summed E-state index contributed by atoms with van der Waals surface area (Å²) in [7, 11) is 0. The fraction of sp³-hybridized carbons (Fsp3) is 0.462. The number of anilines is 1. The summed E-state index contributed by atoms with van der Waals surface area (Å²) in [4.78, 5) is 11.0. The normalized spacial score (nSPS) is 23.6. The number of hydrogen-bond acceptors (Lipinski definition) is 2. The molecule has 1 aromatic carbocycles. The van der Waals surface area contributed by atoms with Gasteiger partial charge in [0, 0.05) is 11.7 Å². The third-order valence-electron chi connectivity index (χ3n) is 3.30. The molecule has 92 valence electrons. The van der Waals surface area contributed by atoms with Crippen LogP contribution in [0.5, 0.6) is 0 Å². The molecule has 1 aromatic rings. The maximum Gasteiger partial charge on any atom is 0.251 e. The Balaban J connectivity index is 2.11. The van der Waals surface area contributed by atoms with Gasteiger partial charge in [-0.05, 0) is 43.4 Å². The van der Waals surface area contributed by atoms with Gasteiger partial charge >= 0.3 is 0 Å². The molecule has 0 aliphatic heterocycles. The molecular weight excluding hydrogens is 219 g/mol. The smallest absolute Gasteiger partial charge is 0.251 e. The predicted octanol–water partition coefficient (Wildman–Crippen LogP) is 2.53. The molecule has 2 rings (SSSR count). The highest BCUT2D eigenvalue weighted by molar-refractivity contribution is 5.94. The lowest BCUT2D eigenvalue weighted by atomic mass is 10.1. The Hall–Kier alpha value is -1.58. The minimum atomic E-state index is -0.731. The predicted molar refractivity (Wildman–Crippen MR) is 65.3 cm³/mol. The van der Waals surface area contributed by atoms with E-state index in [1.807, 2.05) is 0 Å². The van der Waals surface area contributed by atoms with Crippen molar-refractivity contribution in [2.24, 2.45) is 11.7 Å². The fourth-order valence-electron chi connectivity index (χ4n) is 2.38. The minimum Gasteiger partial charge on any atom is -0.382 e. The Morgan fingerprint density at radius 3 is 2.82 bits per heavy atom. The lowest BCUT2D eigenvalue weighted by molar-refractivity contribution is 0.0996. The molecule has 0 radical (unpaired) electrons. The van der Waals surface area contributed by atoms with Crippen LogP contribution in [-0.2, 0) is 0 Å². The molecule has 0 saturated heterocycles. The molecule has 2 atom stereocenters. The van der Waals surface area contributed by atoms with Crippen molar-refractivity contribution >= 4 is 11.6 Å². The number of halogens is 1. The van der Waals surface area contributed by atoms with Crippen LogP contribution in [0, 0.1) is 11.7 Å². The topological polar surface area (TPSA) is 55.1 Å². The number of amides is 1. The van der Waals surface area contributed by atoms with Gasteiger partial charge in [-0.2, -0.15) is 0 Å². The summed E-state index contributed by atoms with van der Waals surface area (Å²) in [6.45, 7) is 2.22. The van der Waals surface area contributed by atoms with E-state index >= 15 is 0 Å². The second kappa shape index (κ2) is 4.73. The van der Waals surface area contributed by atoms with Gasteiger partial charge in [0.2, 0.25) is 0 Å². The molecule has 1 amide bonds. The van der Waals surface area contributed by atoms with Gasteiger partial charge in [-0.3, -0.25) is 4.79 Å². The van der Waals surface area contributed by atoms with Crippen LogP contribution in [0.2, 0.25) is 0 Å². The molecule has 0 bridgehead atoms. The van der Waals surface area contributed by atoms with Gasteiger partial charge in [0.15, 0.2) is 0 Å². The number of primary amides is 1. The zero-order valence-electron chi connectivity index (χ0n) is 9.87. The first kappa shape index (κ1) is 11.9. The third-order valence-corrected chi connectivity index (χ3v) is 3.30. The number of carbonyl (C=O) groups is 1. The largest absolute Gasteiger partial charge is 0.382 e. The Labute approximate surface area is 100 Å². The van der Waals surface area contributed by atoms with Crippen LogP contribution in [0.15, 0.2) is 18.2 Å². The first-order valence-corrected chi connectivity index (χ1v) is 5.92. The number of benzene rings is 1. The summed E-state index contributed by atoms with van der Waals surface area (Å²) in [5.41, 5.74) is 5.82. The highest BCUT2D eigenvalue weighted by atomic mass is 19.1. The molecule has 0 spiro atoms. The van der Waals surface area contributed by atoms with Gasteiger partial charge in [0.05, 0.1) is 5.56 Å². The lowest BCUT2D eigenvalue weighted by Crippen LogP contribution is -2.17. The summed E-state index contributed by atoms with van der Waals surface area (Å²) in [6.07, 6.45) is 3.44. The molecule has 4 heteroatoms. The zero-order valence-corrected chi connectivity index (χ0v) is 9.87. The molecule has 1 saturated carbocycles. The van der Waals surface area contributed by atoms with E-state index in [4.69, 9.17) is 5.73 Å². The van der Waals surface area contributed by atoms with Crippen molar-refractivity contribution in [2.45, 2.75) is 32.2 Å². The van der Waals surface area contributed by atoms with Crippen LogP contribution in [0.3, 0.4) is 0 Å². The van der Waals surface area contributed by atoms with Gasteiger partial charge < -0.3 is 11.1 Å². The molecule has 0 aromatic heterocycles. The third kappa shape index (κ3) is 2.75. The van der Waals surface area contributed by atoms with Crippen molar-refractivity contribution in [1.82, 2.24) is 0 Å². The van der Waals surface area contributed by atoms with Crippen molar-refractivity contribution in [2.75, 3.05) is 5.32 Å². The minimum absolute atomic E-state index is 0.0546. The Bertz CT molecular complexity index is 433. The molecule has 17 heavy (non-hydrogen) atoms. The fourth-order valence-corrected chi connectivity index (χ4v) is 2.38. The van der Waals surface area contributed by atoms with Crippen molar-refractivity contribution in [3.8, 4) is 0 Å². The van der Waals surface area contributed by atoms with Gasteiger partial charge in [-0.15, -0.1) is 0 Å². The molecular formula is C13H17FN2O. The van der Waals surface area contributed by atoms with E-state index in [9.17, 15) is 9.18 Å². The monoisotopic (exact) mass is 236 g/mol. The number of hydrogen-bond donors (Lipinski definition) is 2. The van der Waals surface area contributed by atoms with Crippen LogP contribution in [-0.4, -0.2) is 11.9 Å². The van der Waals surface area contributed by atoms with Crippen LogP contribution in [0.4, 0.5) is 10.1 Å². The van der Waals surface area contributed by atoms with Crippen LogP contribution >= 0.6 is 0 Å². The van der Waals surface area contributed by atoms with Crippen LogP contribution < -0.4 is 11.1 Å². The second-order valence-corrected chi connectivity index (χ2v) is 4.82. The maximum atomic E-state index is 13.3. The maximum absolute atomic E-state index is 13.3. The van der Waals surface area contributed by atoms with Crippen LogP contribution in [0.25, 0.3) is 0 Å². The molecule has 2 unspecified atom stereocenters. The summed E-state index contributed by atoms with van der Waals surface area (Å²) >= 11 is 0.